The van der Waals surface area contributed by atoms with E-state index in [0.29, 0.717) is 30.1 Å². The van der Waals surface area contributed by atoms with Gasteiger partial charge in [0.15, 0.2) is 5.78 Å². The minimum Gasteiger partial charge on any atom is -0.389 e. The smallest absolute Gasteiger partial charge is 0.159 e. The zero-order valence-corrected chi connectivity index (χ0v) is 17.8. The minimum absolute atomic E-state index is 0.167. The fourth-order valence-corrected chi connectivity index (χ4v) is 9.34. The van der Waals surface area contributed by atoms with Crippen LogP contribution in [-0.4, -0.2) is 31.5 Å². The first-order valence-electron chi connectivity index (χ1n) is 12.0. The Morgan fingerprint density at radius 3 is 2.48 bits per heavy atom. The Balaban J connectivity index is 1.21. The normalized spacial score (nSPS) is 52.8. The molecule has 29 heavy (non-hydrogen) atoms. The molecule has 5 saturated carbocycles. The number of aromatic nitrogens is 3. The van der Waals surface area contributed by atoms with Crippen molar-refractivity contribution in [2.75, 3.05) is 0 Å². The van der Waals surface area contributed by atoms with Crippen LogP contribution in [0.25, 0.3) is 0 Å². The Bertz CT molecular complexity index is 809. The summed E-state index contributed by atoms with van der Waals surface area (Å²) in [6, 6.07) is 0. The third kappa shape index (κ3) is 2.46. The van der Waals surface area contributed by atoms with Crippen molar-refractivity contribution in [2.45, 2.75) is 77.4 Å². The summed E-state index contributed by atoms with van der Waals surface area (Å²) in [4.78, 5) is 14.7. The SMILES string of the molecule is CC1C2[C@@H]3CC[C@@H]4[C@H](CC[C@]5(C)[C@@H](C(=O)Cn6nccn6)CC[C@@H]45)[C@H]3CC[C@]12O. The summed E-state index contributed by atoms with van der Waals surface area (Å²) >= 11 is 0. The van der Waals surface area contributed by atoms with Crippen molar-refractivity contribution < 1.29 is 9.90 Å². The van der Waals surface area contributed by atoms with Crippen molar-refractivity contribution in [3.05, 3.63) is 12.4 Å². The Labute approximate surface area is 173 Å². The fraction of sp³-hybridized carbons (Fsp3) is 0.875. The summed E-state index contributed by atoms with van der Waals surface area (Å²) in [6.45, 7) is 5.03. The van der Waals surface area contributed by atoms with Gasteiger partial charge in [0.05, 0.1) is 18.0 Å². The van der Waals surface area contributed by atoms with Gasteiger partial charge >= 0.3 is 0 Å². The predicted octanol–water partition coefficient (Wildman–Crippen LogP) is 3.72. The van der Waals surface area contributed by atoms with Crippen LogP contribution in [0.3, 0.4) is 0 Å². The minimum atomic E-state index is -0.317. The second-order valence-corrected chi connectivity index (χ2v) is 11.4. The van der Waals surface area contributed by atoms with Gasteiger partial charge in [-0.3, -0.25) is 4.79 Å². The Morgan fingerprint density at radius 1 is 1.00 bits per heavy atom. The number of carbonyl (C=O) groups is 1. The van der Waals surface area contributed by atoms with Crippen molar-refractivity contribution in [3.63, 3.8) is 0 Å². The average Bonchev–Trinajstić information content (AvgIpc) is 3.08. The van der Waals surface area contributed by atoms with Crippen molar-refractivity contribution in [1.29, 1.82) is 0 Å². The molecule has 0 amide bonds. The van der Waals surface area contributed by atoms with Crippen LogP contribution in [-0.2, 0) is 11.3 Å². The van der Waals surface area contributed by atoms with Gasteiger partial charge in [0.25, 0.3) is 0 Å². The largest absolute Gasteiger partial charge is 0.389 e. The van der Waals surface area contributed by atoms with E-state index in [4.69, 9.17) is 0 Å². The molecule has 1 N–H and O–H groups in total. The quantitative estimate of drug-likeness (QED) is 0.844. The first-order chi connectivity index (χ1) is 13.9. The second-order valence-electron chi connectivity index (χ2n) is 11.4. The van der Waals surface area contributed by atoms with Gasteiger partial charge in [0.2, 0.25) is 0 Å². The molecular weight excluding hydrogens is 362 g/mol. The number of hydrogen-bond acceptors (Lipinski definition) is 4. The van der Waals surface area contributed by atoms with Gasteiger partial charge < -0.3 is 5.11 Å². The summed E-state index contributed by atoms with van der Waals surface area (Å²) in [5, 5.41) is 19.2. The highest BCUT2D eigenvalue weighted by molar-refractivity contribution is 5.81. The van der Waals surface area contributed by atoms with E-state index in [0.717, 1.165) is 36.5 Å². The van der Waals surface area contributed by atoms with Crippen molar-refractivity contribution in [3.8, 4) is 0 Å². The maximum Gasteiger partial charge on any atom is 0.159 e. The van der Waals surface area contributed by atoms with E-state index < -0.39 is 0 Å². The molecule has 5 fully saturated rings. The molecule has 0 radical (unpaired) electrons. The van der Waals surface area contributed by atoms with E-state index in [9.17, 15) is 9.90 Å². The molecule has 5 nitrogen and oxygen atoms in total. The molecule has 0 bridgehead atoms. The lowest BCUT2D eigenvalue weighted by atomic mass is 9.49. The average molecular weight is 398 g/mol. The second kappa shape index (κ2) is 6.15. The molecule has 0 aliphatic heterocycles. The molecule has 5 aliphatic carbocycles. The topological polar surface area (TPSA) is 68.0 Å². The molecular formula is C24H35N3O2. The lowest BCUT2D eigenvalue weighted by Crippen LogP contribution is -2.50. The van der Waals surface area contributed by atoms with Crippen molar-refractivity contribution in [2.24, 2.45) is 52.8 Å². The fourth-order valence-electron chi connectivity index (χ4n) is 9.34. The molecule has 1 aromatic heterocycles. The number of Topliss-reactive ketones (excluding diaryl/α,β-unsaturated/α-hetero) is 1. The highest BCUT2D eigenvalue weighted by atomic mass is 16.3. The molecule has 5 aliphatic rings. The van der Waals surface area contributed by atoms with Crippen LogP contribution in [0.5, 0.6) is 0 Å². The molecule has 0 spiro atoms. The Hall–Kier alpha value is -1.23. The van der Waals surface area contributed by atoms with Gasteiger partial charge in [0.1, 0.15) is 6.54 Å². The molecule has 10 atom stereocenters. The first kappa shape index (κ1) is 18.5. The lowest BCUT2D eigenvalue weighted by molar-refractivity contribution is -0.132. The van der Waals surface area contributed by atoms with Crippen molar-refractivity contribution in [1.82, 2.24) is 15.0 Å². The summed E-state index contributed by atoms with van der Waals surface area (Å²) in [5.74, 6) is 5.56. The molecule has 1 heterocycles. The highest BCUT2D eigenvalue weighted by Gasteiger charge is 2.69. The summed E-state index contributed by atoms with van der Waals surface area (Å²) in [6.07, 6.45) is 13.0. The number of nitrogens with zero attached hydrogens (tertiary/aromatic N) is 3. The van der Waals surface area contributed by atoms with Crippen LogP contribution < -0.4 is 0 Å². The van der Waals surface area contributed by atoms with Crippen LogP contribution in [0.1, 0.15) is 65.2 Å². The number of ketones is 1. The van der Waals surface area contributed by atoms with Crippen molar-refractivity contribution >= 4 is 5.78 Å². The van der Waals surface area contributed by atoms with Gasteiger partial charge in [-0.1, -0.05) is 13.8 Å². The number of rotatable bonds is 3. The molecule has 5 heteroatoms. The van der Waals surface area contributed by atoms with Crippen LogP contribution in [0, 0.1) is 52.8 Å². The molecule has 2 unspecified atom stereocenters. The highest BCUT2D eigenvalue weighted by Crippen LogP contribution is 2.70. The first-order valence-corrected chi connectivity index (χ1v) is 12.0. The van der Waals surface area contributed by atoms with Crippen LogP contribution in [0.2, 0.25) is 0 Å². The third-order valence-electron chi connectivity index (χ3n) is 10.7. The predicted molar refractivity (Wildman–Crippen MR) is 109 cm³/mol. The third-order valence-corrected chi connectivity index (χ3v) is 10.7. The molecule has 1 aromatic rings. The Morgan fingerprint density at radius 2 is 1.69 bits per heavy atom. The number of fused-ring (bicyclic) bond motifs is 7. The standard InChI is InChI=1S/C24H35N3O2/c1-14-22-18-4-3-17-15(16(18)8-10-24(14,22)29)7-9-23(2)19(17)5-6-20(23)21(28)13-27-25-11-12-26-27/h11-12,14-20,22,29H,3-10,13H2,1-2H3/t14?,15-,16-,17-,18-,19+,20-,22?,23+,24+/m1/s1. The van der Waals surface area contributed by atoms with Gasteiger partial charge in [-0.2, -0.15) is 15.0 Å². The van der Waals surface area contributed by atoms with Gasteiger partial charge in [-0.15, -0.1) is 0 Å². The molecule has 158 valence electrons. The van der Waals surface area contributed by atoms with E-state index in [2.05, 4.69) is 24.0 Å². The monoisotopic (exact) mass is 397 g/mol. The van der Waals surface area contributed by atoms with Crippen LogP contribution in [0.15, 0.2) is 12.4 Å². The number of carbonyl (C=O) groups excluding carboxylic acids is 1. The van der Waals surface area contributed by atoms with Crippen LogP contribution >= 0.6 is 0 Å². The number of hydrogen-bond donors (Lipinski definition) is 1. The number of aliphatic hydroxyl groups is 1. The molecule has 0 saturated heterocycles. The van der Waals surface area contributed by atoms with E-state index in [1.165, 1.54) is 38.5 Å². The summed E-state index contributed by atoms with van der Waals surface area (Å²) in [7, 11) is 0. The molecule has 0 aromatic carbocycles. The van der Waals surface area contributed by atoms with Gasteiger partial charge in [0, 0.05) is 5.92 Å². The van der Waals surface area contributed by atoms with Gasteiger partial charge in [-0.05, 0) is 98.2 Å². The van der Waals surface area contributed by atoms with Gasteiger partial charge in [-0.25, -0.2) is 0 Å². The maximum absolute atomic E-state index is 13.2. The zero-order valence-electron chi connectivity index (χ0n) is 17.8. The van der Waals surface area contributed by atoms with Crippen LogP contribution in [0.4, 0.5) is 0 Å². The van der Waals surface area contributed by atoms with E-state index in [1.54, 1.807) is 17.2 Å². The van der Waals surface area contributed by atoms with E-state index in [1.807, 2.05) is 0 Å². The zero-order chi connectivity index (χ0) is 20.0. The lowest BCUT2D eigenvalue weighted by Gasteiger charge is -2.56. The Kier molecular flexibility index (Phi) is 3.93. The molecule has 6 rings (SSSR count). The summed E-state index contributed by atoms with van der Waals surface area (Å²) in [5.41, 5.74) is -0.150. The van der Waals surface area contributed by atoms with E-state index in [-0.39, 0.29) is 16.9 Å². The maximum atomic E-state index is 13.2. The van der Waals surface area contributed by atoms with E-state index >= 15 is 0 Å². The summed E-state index contributed by atoms with van der Waals surface area (Å²) < 4.78 is 0.